The van der Waals surface area contributed by atoms with E-state index in [-0.39, 0.29) is 0 Å². The lowest BCUT2D eigenvalue weighted by Crippen LogP contribution is -2.32. The Bertz CT molecular complexity index is 349. The highest BCUT2D eigenvalue weighted by molar-refractivity contribution is 5.19. The normalized spacial score (nSPS) is 26.4. The minimum Gasteiger partial charge on any atom is -0.330 e. The van der Waals surface area contributed by atoms with E-state index in [4.69, 9.17) is 5.73 Å². The van der Waals surface area contributed by atoms with E-state index in [0.717, 1.165) is 13.1 Å². The van der Waals surface area contributed by atoms with Gasteiger partial charge in [0.15, 0.2) is 0 Å². The van der Waals surface area contributed by atoms with Gasteiger partial charge < -0.3 is 5.73 Å². The van der Waals surface area contributed by atoms with Crippen LogP contribution < -0.4 is 5.73 Å². The fraction of sp³-hybridized carbons (Fsp3) is 0.625. The summed E-state index contributed by atoms with van der Waals surface area (Å²) < 4.78 is 0. The zero-order valence-electron chi connectivity index (χ0n) is 11.7. The number of hydrogen-bond donors (Lipinski definition) is 1. The second-order valence-electron chi connectivity index (χ2n) is 5.60. The number of likely N-dealkylation sites (tertiary alicyclic amines) is 1. The van der Waals surface area contributed by atoms with E-state index in [9.17, 15) is 0 Å². The number of nitrogens with two attached hydrogens (primary N) is 1. The molecule has 1 heterocycles. The van der Waals surface area contributed by atoms with Crippen molar-refractivity contribution < 1.29 is 0 Å². The molecule has 1 fully saturated rings. The SMILES string of the molecule is CCCC(c1ccccc1)N1CC(CN)CC1C. The molecule has 1 aromatic rings. The minimum atomic E-state index is 0.572. The van der Waals surface area contributed by atoms with Gasteiger partial charge in [-0.15, -0.1) is 0 Å². The lowest BCUT2D eigenvalue weighted by atomic mass is 10.00. The van der Waals surface area contributed by atoms with Crippen molar-refractivity contribution >= 4 is 0 Å². The van der Waals surface area contributed by atoms with Crippen LogP contribution >= 0.6 is 0 Å². The van der Waals surface area contributed by atoms with E-state index in [0.29, 0.717) is 18.0 Å². The summed E-state index contributed by atoms with van der Waals surface area (Å²) in [6.45, 7) is 6.62. The second kappa shape index (κ2) is 6.35. The van der Waals surface area contributed by atoms with Crippen molar-refractivity contribution in [2.75, 3.05) is 13.1 Å². The Morgan fingerprint density at radius 3 is 2.61 bits per heavy atom. The molecular formula is C16H26N2. The Labute approximate surface area is 111 Å². The molecule has 18 heavy (non-hydrogen) atoms. The van der Waals surface area contributed by atoms with E-state index in [1.165, 1.54) is 24.8 Å². The van der Waals surface area contributed by atoms with Gasteiger partial charge in [-0.05, 0) is 37.8 Å². The molecule has 1 aliphatic rings. The van der Waals surface area contributed by atoms with Crippen molar-refractivity contribution in [3.63, 3.8) is 0 Å². The van der Waals surface area contributed by atoms with Crippen LogP contribution in [0.5, 0.6) is 0 Å². The molecule has 0 spiro atoms. The fourth-order valence-electron chi connectivity index (χ4n) is 3.25. The summed E-state index contributed by atoms with van der Waals surface area (Å²) in [4.78, 5) is 2.66. The van der Waals surface area contributed by atoms with Gasteiger partial charge in [-0.3, -0.25) is 4.90 Å². The standard InChI is InChI=1S/C16H26N2/c1-3-7-16(15-8-5-4-6-9-15)18-12-14(11-17)10-13(18)2/h4-6,8-9,13-14,16H,3,7,10-12,17H2,1-2H3. The predicted molar refractivity (Wildman–Crippen MR) is 77.4 cm³/mol. The van der Waals surface area contributed by atoms with E-state index in [2.05, 4.69) is 49.1 Å². The first kappa shape index (κ1) is 13.6. The van der Waals surface area contributed by atoms with Crippen LogP contribution in [0.3, 0.4) is 0 Å². The van der Waals surface area contributed by atoms with E-state index >= 15 is 0 Å². The molecule has 100 valence electrons. The van der Waals surface area contributed by atoms with Crippen molar-refractivity contribution in [2.24, 2.45) is 11.7 Å². The van der Waals surface area contributed by atoms with Crippen LogP contribution in [0.4, 0.5) is 0 Å². The molecular weight excluding hydrogens is 220 g/mol. The van der Waals surface area contributed by atoms with Crippen molar-refractivity contribution in [3.8, 4) is 0 Å². The Hall–Kier alpha value is -0.860. The number of benzene rings is 1. The molecule has 0 aromatic heterocycles. The third-order valence-corrected chi connectivity index (χ3v) is 4.19. The maximum atomic E-state index is 5.84. The van der Waals surface area contributed by atoms with Crippen LogP contribution in [-0.2, 0) is 0 Å². The molecule has 0 radical (unpaired) electrons. The molecule has 2 rings (SSSR count). The monoisotopic (exact) mass is 246 g/mol. The van der Waals surface area contributed by atoms with Gasteiger partial charge in [0.1, 0.15) is 0 Å². The quantitative estimate of drug-likeness (QED) is 0.864. The molecule has 0 aliphatic carbocycles. The lowest BCUT2D eigenvalue weighted by molar-refractivity contribution is 0.177. The van der Waals surface area contributed by atoms with Crippen LogP contribution in [0.15, 0.2) is 30.3 Å². The summed E-state index contributed by atoms with van der Waals surface area (Å²) in [6, 6.07) is 12.2. The predicted octanol–water partition coefficient (Wildman–Crippen LogP) is 3.20. The summed E-state index contributed by atoms with van der Waals surface area (Å²) in [5.74, 6) is 0.683. The average Bonchev–Trinajstić information content (AvgIpc) is 2.78. The van der Waals surface area contributed by atoms with Gasteiger partial charge >= 0.3 is 0 Å². The van der Waals surface area contributed by atoms with Crippen molar-refractivity contribution in [3.05, 3.63) is 35.9 Å². The molecule has 0 bridgehead atoms. The van der Waals surface area contributed by atoms with Gasteiger partial charge in [0, 0.05) is 18.6 Å². The lowest BCUT2D eigenvalue weighted by Gasteiger charge is -2.32. The molecule has 3 atom stereocenters. The zero-order valence-corrected chi connectivity index (χ0v) is 11.7. The van der Waals surface area contributed by atoms with Gasteiger partial charge in [-0.25, -0.2) is 0 Å². The van der Waals surface area contributed by atoms with Gasteiger partial charge in [-0.1, -0.05) is 43.7 Å². The third kappa shape index (κ3) is 2.93. The van der Waals surface area contributed by atoms with Crippen LogP contribution in [0.1, 0.15) is 44.7 Å². The highest BCUT2D eigenvalue weighted by Crippen LogP contribution is 2.34. The average molecular weight is 246 g/mol. The van der Waals surface area contributed by atoms with Gasteiger partial charge in [0.05, 0.1) is 0 Å². The maximum Gasteiger partial charge on any atom is 0.0350 e. The van der Waals surface area contributed by atoms with Gasteiger partial charge in [-0.2, -0.15) is 0 Å². The van der Waals surface area contributed by atoms with Gasteiger partial charge in [0.25, 0.3) is 0 Å². The molecule has 2 heteroatoms. The first-order chi connectivity index (χ1) is 8.76. The first-order valence-corrected chi connectivity index (χ1v) is 7.27. The Morgan fingerprint density at radius 1 is 1.33 bits per heavy atom. The molecule has 0 saturated carbocycles. The highest BCUT2D eigenvalue weighted by atomic mass is 15.2. The summed E-state index contributed by atoms with van der Waals surface area (Å²) in [7, 11) is 0. The summed E-state index contributed by atoms with van der Waals surface area (Å²) in [5.41, 5.74) is 7.31. The van der Waals surface area contributed by atoms with E-state index in [1.807, 2.05) is 0 Å². The molecule has 3 unspecified atom stereocenters. The number of rotatable bonds is 5. The molecule has 0 amide bonds. The van der Waals surface area contributed by atoms with E-state index in [1.54, 1.807) is 0 Å². The summed E-state index contributed by atoms with van der Waals surface area (Å²) >= 11 is 0. The van der Waals surface area contributed by atoms with Crippen molar-refractivity contribution in [2.45, 2.75) is 45.2 Å². The molecule has 2 nitrogen and oxygen atoms in total. The molecule has 1 aromatic carbocycles. The second-order valence-corrected chi connectivity index (χ2v) is 5.60. The molecule has 1 aliphatic heterocycles. The summed E-state index contributed by atoms with van der Waals surface area (Å²) in [6.07, 6.45) is 3.73. The smallest absolute Gasteiger partial charge is 0.0350 e. The number of nitrogens with zero attached hydrogens (tertiary/aromatic N) is 1. The molecule has 1 saturated heterocycles. The Kier molecular flexibility index (Phi) is 4.79. The van der Waals surface area contributed by atoms with Crippen molar-refractivity contribution in [1.29, 1.82) is 0 Å². The topological polar surface area (TPSA) is 29.3 Å². The van der Waals surface area contributed by atoms with Crippen LogP contribution in [0, 0.1) is 5.92 Å². The summed E-state index contributed by atoms with van der Waals surface area (Å²) in [5, 5.41) is 0. The zero-order chi connectivity index (χ0) is 13.0. The van der Waals surface area contributed by atoms with Gasteiger partial charge in [0.2, 0.25) is 0 Å². The Balaban J connectivity index is 2.15. The maximum absolute atomic E-state index is 5.84. The van der Waals surface area contributed by atoms with Crippen LogP contribution in [-0.4, -0.2) is 24.0 Å². The van der Waals surface area contributed by atoms with E-state index < -0.39 is 0 Å². The first-order valence-electron chi connectivity index (χ1n) is 7.27. The number of hydrogen-bond acceptors (Lipinski definition) is 2. The Morgan fingerprint density at radius 2 is 2.06 bits per heavy atom. The van der Waals surface area contributed by atoms with Crippen LogP contribution in [0.2, 0.25) is 0 Å². The molecule has 2 N–H and O–H groups in total. The fourth-order valence-corrected chi connectivity index (χ4v) is 3.25. The minimum absolute atomic E-state index is 0.572. The van der Waals surface area contributed by atoms with Crippen molar-refractivity contribution in [1.82, 2.24) is 4.90 Å². The highest BCUT2D eigenvalue weighted by Gasteiger charge is 2.33. The largest absolute Gasteiger partial charge is 0.330 e. The third-order valence-electron chi connectivity index (χ3n) is 4.19. The van der Waals surface area contributed by atoms with Crippen LogP contribution in [0.25, 0.3) is 0 Å².